The maximum Gasteiger partial charge on any atom is 0.229 e. The molecule has 0 aromatic carbocycles. The quantitative estimate of drug-likeness (QED) is 0.546. The molecule has 7 heteroatoms. The molecule has 2 heterocycles. The second-order valence-electron chi connectivity index (χ2n) is 2.91. The predicted octanol–water partition coefficient (Wildman–Crippen LogP) is 0.233. The van der Waals surface area contributed by atoms with Crippen molar-refractivity contribution in [3.8, 4) is 11.8 Å². The normalized spacial score (nSPS) is 9.81. The van der Waals surface area contributed by atoms with Crippen LogP contribution in [0.5, 0.6) is 0 Å². The van der Waals surface area contributed by atoms with Crippen LogP contribution in [0.4, 0.5) is 0 Å². The summed E-state index contributed by atoms with van der Waals surface area (Å²) < 4.78 is 0. The molecule has 2 rings (SSSR count). The first kappa shape index (κ1) is 10.4. The molecule has 0 atom stereocenters. The molecule has 0 unspecified atom stereocenters. The molecule has 0 saturated carbocycles. The molecule has 16 heavy (non-hydrogen) atoms. The molecule has 0 radical (unpaired) electrons. The van der Waals surface area contributed by atoms with Gasteiger partial charge in [-0.3, -0.25) is 9.89 Å². The van der Waals surface area contributed by atoms with Gasteiger partial charge in [0.25, 0.3) is 0 Å². The van der Waals surface area contributed by atoms with Gasteiger partial charge < -0.3 is 5.73 Å². The lowest BCUT2D eigenvalue weighted by Crippen LogP contribution is -2.08. The molecule has 80 valence electrons. The average Bonchev–Trinajstić information content (AvgIpc) is 2.62. The minimum absolute atomic E-state index is 0.0220. The lowest BCUT2D eigenvalue weighted by molar-refractivity contribution is -0.117. The number of halogens is 1. The summed E-state index contributed by atoms with van der Waals surface area (Å²) in [5.41, 5.74) is 5.86. The summed E-state index contributed by atoms with van der Waals surface area (Å²) in [6.07, 6.45) is 1.29. The molecule has 0 bridgehead atoms. The summed E-state index contributed by atoms with van der Waals surface area (Å²) in [7, 11) is 0. The summed E-state index contributed by atoms with van der Waals surface area (Å²) >= 11 is 5.87. The number of nitrogens with two attached hydrogens (primary N) is 1. The summed E-state index contributed by atoms with van der Waals surface area (Å²) in [5, 5.41) is 7.37. The van der Waals surface area contributed by atoms with Crippen molar-refractivity contribution in [3.63, 3.8) is 0 Å². The zero-order chi connectivity index (χ0) is 11.5. The highest BCUT2D eigenvalue weighted by Gasteiger charge is 2.08. The van der Waals surface area contributed by atoms with Crippen LogP contribution in [0.2, 0.25) is 5.15 Å². The highest BCUT2D eigenvalue weighted by molar-refractivity contribution is 6.34. The van der Waals surface area contributed by atoms with Crippen molar-refractivity contribution in [2.24, 2.45) is 5.73 Å². The van der Waals surface area contributed by atoms with E-state index in [2.05, 4.69) is 32.0 Å². The molecule has 1 amide bonds. The highest BCUT2D eigenvalue weighted by atomic mass is 35.5. The third-order valence-corrected chi connectivity index (χ3v) is 2.07. The first-order valence-corrected chi connectivity index (χ1v) is 4.68. The molecule has 6 nitrogen and oxygen atoms in total. The Morgan fingerprint density at radius 1 is 1.56 bits per heavy atom. The number of nitrogens with one attached hydrogen (secondary N) is 1. The van der Waals surface area contributed by atoms with Gasteiger partial charge >= 0.3 is 0 Å². The number of carbonyl (C=O) groups excluding carboxylic acids is 1. The Hall–Kier alpha value is -2.13. The topological polar surface area (TPSA) is 97.6 Å². The van der Waals surface area contributed by atoms with Crippen LogP contribution in [-0.2, 0) is 4.79 Å². The molecule has 2 aromatic rings. The Labute approximate surface area is 95.2 Å². The SMILES string of the molecule is NC(=O)CC#Cc1[nH]nc2ncnc(Cl)c12. The first-order valence-electron chi connectivity index (χ1n) is 4.30. The number of rotatable bonds is 1. The number of H-pyrrole nitrogens is 1. The third-order valence-electron chi connectivity index (χ3n) is 1.78. The van der Waals surface area contributed by atoms with Crippen molar-refractivity contribution >= 4 is 28.5 Å². The average molecular weight is 236 g/mol. The van der Waals surface area contributed by atoms with Crippen molar-refractivity contribution in [2.75, 3.05) is 0 Å². The molecule has 0 aliphatic rings. The Kier molecular flexibility index (Phi) is 2.70. The van der Waals surface area contributed by atoms with Crippen LogP contribution in [-0.4, -0.2) is 26.1 Å². The van der Waals surface area contributed by atoms with E-state index in [4.69, 9.17) is 17.3 Å². The largest absolute Gasteiger partial charge is 0.369 e. The van der Waals surface area contributed by atoms with Gasteiger partial charge in [-0.05, 0) is 5.92 Å². The minimum Gasteiger partial charge on any atom is -0.369 e. The van der Waals surface area contributed by atoms with Crippen LogP contribution in [0.3, 0.4) is 0 Å². The van der Waals surface area contributed by atoms with Gasteiger partial charge in [0.05, 0.1) is 11.8 Å². The van der Waals surface area contributed by atoms with Crippen molar-refractivity contribution in [1.29, 1.82) is 0 Å². The summed E-state index contributed by atoms with van der Waals surface area (Å²) in [6, 6.07) is 0. The molecule has 0 spiro atoms. The maximum atomic E-state index is 10.5. The van der Waals surface area contributed by atoms with Crippen molar-refractivity contribution < 1.29 is 4.79 Å². The molecule has 3 N–H and O–H groups in total. The van der Waals surface area contributed by atoms with Crippen molar-refractivity contribution in [2.45, 2.75) is 6.42 Å². The fourth-order valence-electron chi connectivity index (χ4n) is 1.13. The van der Waals surface area contributed by atoms with E-state index in [1.807, 2.05) is 0 Å². The standard InChI is InChI=1S/C9H6ClN5O/c10-8-7-5(2-1-3-6(11)16)14-15-9(7)13-4-12-8/h4H,3H2,(H2,11,16)(H,12,13,14,15). The molecule has 0 aliphatic heterocycles. The van der Waals surface area contributed by atoms with E-state index < -0.39 is 5.91 Å². The Morgan fingerprint density at radius 2 is 2.38 bits per heavy atom. The predicted molar refractivity (Wildman–Crippen MR) is 57.4 cm³/mol. The number of aromatic amines is 1. The zero-order valence-corrected chi connectivity index (χ0v) is 8.75. The lowest BCUT2D eigenvalue weighted by atomic mass is 10.3. The van der Waals surface area contributed by atoms with E-state index in [1.54, 1.807) is 0 Å². The van der Waals surface area contributed by atoms with Crippen LogP contribution in [0, 0.1) is 11.8 Å². The molecule has 0 saturated heterocycles. The Bertz CT molecular complexity index is 609. The van der Waals surface area contributed by atoms with Gasteiger partial charge in [0.1, 0.15) is 17.2 Å². The van der Waals surface area contributed by atoms with E-state index in [-0.39, 0.29) is 11.6 Å². The van der Waals surface area contributed by atoms with Gasteiger partial charge in [-0.25, -0.2) is 9.97 Å². The van der Waals surface area contributed by atoms with Gasteiger partial charge in [0.15, 0.2) is 5.65 Å². The van der Waals surface area contributed by atoms with Gasteiger partial charge in [-0.15, -0.1) is 0 Å². The summed E-state index contributed by atoms with van der Waals surface area (Å²) in [6.45, 7) is 0. The van der Waals surface area contributed by atoms with E-state index in [9.17, 15) is 4.79 Å². The summed E-state index contributed by atoms with van der Waals surface area (Å²) in [4.78, 5) is 18.2. The van der Waals surface area contributed by atoms with Crippen LogP contribution < -0.4 is 5.73 Å². The van der Waals surface area contributed by atoms with E-state index >= 15 is 0 Å². The van der Waals surface area contributed by atoms with Crippen LogP contribution in [0.15, 0.2) is 6.33 Å². The number of aromatic nitrogens is 4. The third kappa shape index (κ3) is 1.94. The molecular weight excluding hydrogens is 230 g/mol. The second-order valence-corrected chi connectivity index (χ2v) is 3.26. The number of carbonyl (C=O) groups is 1. The van der Waals surface area contributed by atoms with E-state index in [0.29, 0.717) is 16.7 Å². The van der Waals surface area contributed by atoms with Crippen molar-refractivity contribution in [3.05, 3.63) is 17.2 Å². The molecular formula is C9H6ClN5O. The zero-order valence-electron chi connectivity index (χ0n) is 7.99. The lowest BCUT2D eigenvalue weighted by Gasteiger charge is -1.89. The van der Waals surface area contributed by atoms with Crippen LogP contribution in [0.1, 0.15) is 12.1 Å². The van der Waals surface area contributed by atoms with E-state index in [1.165, 1.54) is 6.33 Å². The second kappa shape index (κ2) is 4.16. The Balaban J connectivity index is 2.44. The van der Waals surface area contributed by atoms with Crippen LogP contribution in [0.25, 0.3) is 11.0 Å². The number of fused-ring (bicyclic) bond motifs is 1. The number of hydrogen-bond acceptors (Lipinski definition) is 4. The summed E-state index contributed by atoms with van der Waals surface area (Å²) in [5.74, 6) is 4.82. The van der Waals surface area contributed by atoms with Gasteiger partial charge in [0.2, 0.25) is 5.91 Å². The number of nitrogens with zero attached hydrogens (tertiary/aromatic N) is 3. The maximum absolute atomic E-state index is 10.5. The number of amides is 1. The van der Waals surface area contributed by atoms with E-state index in [0.717, 1.165) is 0 Å². The minimum atomic E-state index is -0.487. The smallest absolute Gasteiger partial charge is 0.229 e. The highest BCUT2D eigenvalue weighted by Crippen LogP contribution is 2.19. The molecule has 0 fully saturated rings. The number of primary amides is 1. The van der Waals surface area contributed by atoms with Gasteiger partial charge in [-0.1, -0.05) is 17.5 Å². The first-order chi connectivity index (χ1) is 7.68. The molecule has 2 aromatic heterocycles. The molecule has 0 aliphatic carbocycles. The fourth-order valence-corrected chi connectivity index (χ4v) is 1.35. The number of hydrogen-bond donors (Lipinski definition) is 2. The van der Waals surface area contributed by atoms with Gasteiger partial charge in [0, 0.05) is 0 Å². The monoisotopic (exact) mass is 235 g/mol. The van der Waals surface area contributed by atoms with Crippen molar-refractivity contribution in [1.82, 2.24) is 20.2 Å². The van der Waals surface area contributed by atoms with Gasteiger partial charge in [-0.2, -0.15) is 5.10 Å². The Morgan fingerprint density at radius 3 is 3.12 bits per heavy atom. The van der Waals surface area contributed by atoms with Crippen LogP contribution >= 0.6 is 11.6 Å². The fraction of sp³-hybridized carbons (Fsp3) is 0.111.